The summed E-state index contributed by atoms with van der Waals surface area (Å²) < 4.78 is 23.4. The molecule has 4 aromatic heterocycles. The van der Waals surface area contributed by atoms with Crippen molar-refractivity contribution in [3.05, 3.63) is 60.2 Å². The van der Waals surface area contributed by atoms with E-state index in [-0.39, 0.29) is 5.03 Å². The van der Waals surface area contributed by atoms with Crippen molar-refractivity contribution in [3.8, 4) is 22.4 Å². The maximum Gasteiger partial charge on any atom is 0.192 e. The van der Waals surface area contributed by atoms with Gasteiger partial charge >= 0.3 is 0 Å². The van der Waals surface area contributed by atoms with Gasteiger partial charge in [-0.1, -0.05) is 0 Å². The minimum Gasteiger partial charge on any atom is -0.339 e. The number of hydrogen-bond donors (Lipinski definition) is 1. The van der Waals surface area contributed by atoms with Crippen LogP contribution < -0.4 is 0 Å². The highest BCUT2D eigenvalue weighted by molar-refractivity contribution is 7.90. The fraction of sp³-hybridized carbons (Fsp3) is 0.150. The Morgan fingerprint density at radius 2 is 1.74 bits per heavy atom. The maximum atomic E-state index is 11.7. The number of hydrogen-bond acceptors (Lipinski definition) is 5. The normalized spacial score (nSPS) is 11.8. The van der Waals surface area contributed by atoms with Gasteiger partial charge in [0.05, 0.1) is 0 Å². The van der Waals surface area contributed by atoms with E-state index in [2.05, 4.69) is 26.0 Å². The van der Waals surface area contributed by atoms with Crippen LogP contribution in [0.3, 0.4) is 0 Å². The first-order chi connectivity index (χ1) is 12.8. The summed E-state index contributed by atoms with van der Waals surface area (Å²) in [4.78, 5) is 16.1. The second-order valence-corrected chi connectivity index (χ2v) is 8.61. The van der Waals surface area contributed by atoms with Gasteiger partial charge < -0.3 is 4.98 Å². The number of aromatic nitrogens is 4. The molecule has 0 aliphatic rings. The molecule has 0 radical (unpaired) electrons. The molecule has 27 heavy (non-hydrogen) atoms. The van der Waals surface area contributed by atoms with Crippen LogP contribution in [-0.4, -0.2) is 34.6 Å². The Morgan fingerprint density at radius 1 is 0.926 bits per heavy atom. The topological polar surface area (TPSA) is 88.6 Å². The fourth-order valence-corrected chi connectivity index (χ4v) is 3.75. The molecule has 4 rings (SSSR count). The van der Waals surface area contributed by atoms with E-state index in [0.29, 0.717) is 0 Å². The van der Waals surface area contributed by atoms with Crippen LogP contribution in [0.2, 0.25) is 0 Å². The van der Waals surface area contributed by atoms with Gasteiger partial charge in [0.15, 0.2) is 14.9 Å². The summed E-state index contributed by atoms with van der Waals surface area (Å²) >= 11 is 0. The third-order valence-corrected chi connectivity index (χ3v) is 5.54. The number of pyridine rings is 3. The smallest absolute Gasteiger partial charge is 0.192 e. The molecule has 136 valence electrons. The molecule has 4 aromatic rings. The highest BCUT2D eigenvalue weighted by Gasteiger charge is 2.13. The Morgan fingerprint density at radius 3 is 2.44 bits per heavy atom. The van der Waals surface area contributed by atoms with Gasteiger partial charge in [0.1, 0.15) is 5.65 Å². The number of aryl methyl sites for hydroxylation is 2. The van der Waals surface area contributed by atoms with Crippen molar-refractivity contribution in [2.45, 2.75) is 18.9 Å². The van der Waals surface area contributed by atoms with Crippen molar-refractivity contribution >= 4 is 20.9 Å². The van der Waals surface area contributed by atoms with Gasteiger partial charge in [-0.3, -0.25) is 4.98 Å². The number of nitrogens with one attached hydrogen (secondary N) is 1. The number of aromatic amines is 1. The van der Waals surface area contributed by atoms with Crippen molar-refractivity contribution in [1.29, 1.82) is 0 Å². The van der Waals surface area contributed by atoms with Crippen LogP contribution >= 0.6 is 0 Å². The summed E-state index contributed by atoms with van der Waals surface area (Å²) in [6.07, 6.45) is 8.12. The first-order valence-corrected chi connectivity index (χ1v) is 10.3. The van der Waals surface area contributed by atoms with Crippen LogP contribution in [0.25, 0.3) is 33.4 Å². The van der Waals surface area contributed by atoms with Crippen molar-refractivity contribution in [2.24, 2.45) is 0 Å². The Balaban J connectivity index is 1.80. The molecule has 0 atom stereocenters. The van der Waals surface area contributed by atoms with Gasteiger partial charge in [-0.25, -0.2) is 18.4 Å². The van der Waals surface area contributed by atoms with Gasteiger partial charge in [0.25, 0.3) is 0 Å². The van der Waals surface area contributed by atoms with Gasteiger partial charge in [-0.15, -0.1) is 0 Å². The lowest BCUT2D eigenvalue weighted by molar-refractivity contribution is 0.598. The average Bonchev–Trinajstić information content (AvgIpc) is 3.04. The number of sulfone groups is 1. The number of fused-ring (bicyclic) bond motifs is 1. The zero-order valence-electron chi connectivity index (χ0n) is 15.2. The molecular weight excluding hydrogens is 360 g/mol. The molecule has 0 amide bonds. The van der Waals surface area contributed by atoms with Gasteiger partial charge in [0, 0.05) is 58.8 Å². The van der Waals surface area contributed by atoms with Gasteiger partial charge in [0.2, 0.25) is 0 Å². The molecule has 0 aromatic carbocycles. The predicted molar refractivity (Wildman–Crippen MR) is 105 cm³/mol. The molecule has 0 spiro atoms. The van der Waals surface area contributed by atoms with E-state index in [4.69, 9.17) is 0 Å². The van der Waals surface area contributed by atoms with Crippen LogP contribution in [0, 0.1) is 13.8 Å². The third-order valence-electron chi connectivity index (χ3n) is 4.56. The summed E-state index contributed by atoms with van der Waals surface area (Å²) in [6, 6.07) is 7.65. The molecule has 1 N–H and O–H groups in total. The van der Waals surface area contributed by atoms with Crippen LogP contribution in [0.4, 0.5) is 0 Å². The zero-order chi connectivity index (χ0) is 19.2. The molecule has 0 saturated carbocycles. The standard InChI is InChI=1S/C20H18N4O2S/c1-12-6-19(27(3,25)26)22-11-17(12)15-7-14-8-18(24-20(14)23-10-15)16-4-5-21-9-13(16)2/h4-11H,1-3H3,(H,23,24). The summed E-state index contributed by atoms with van der Waals surface area (Å²) in [5.74, 6) is 0. The largest absolute Gasteiger partial charge is 0.339 e. The van der Waals surface area contributed by atoms with Crippen LogP contribution in [0.5, 0.6) is 0 Å². The minimum absolute atomic E-state index is 0.0786. The van der Waals surface area contributed by atoms with E-state index in [0.717, 1.165) is 50.8 Å². The monoisotopic (exact) mass is 378 g/mol. The fourth-order valence-electron chi connectivity index (χ4n) is 3.12. The number of rotatable bonds is 3. The predicted octanol–water partition coefficient (Wildman–Crippen LogP) is 3.71. The molecule has 0 fully saturated rings. The van der Waals surface area contributed by atoms with Crippen molar-refractivity contribution in [3.63, 3.8) is 0 Å². The maximum absolute atomic E-state index is 11.7. The lowest BCUT2D eigenvalue weighted by Crippen LogP contribution is -2.01. The molecule has 0 unspecified atom stereocenters. The summed E-state index contributed by atoms with van der Waals surface area (Å²) in [7, 11) is -3.33. The molecule has 4 heterocycles. The van der Waals surface area contributed by atoms with Crippen molar-refractivity contribution in [1.82, 2.24) is 19.9 Å². The van der Waals surface area contributed by atoms with Crippen LogP contribution in [0.1, 0.15) is 11.1 Å². The van der Waals surface area contributed by atoms with E-state index < -0.39 is 9.84 Å². The lowest BCUT2D eigenvalue weighted by Gasteiger charge is -2.07. The van der Waals surface area contributed by atoms with E-state index in [1.807, 2.05) is 32.2 Å². The second kappa shape index (κ2) is 6.28. The lowest BCUT2D eigenvalue weighted by atomic mass is 10.0. The SMILES string of the molecule is Cc1cc(S(C)(=O)=O)ncc1-c1cnc2[nH]c(-c3ccncc3C)cc2c1. The minimum atomic E-state index is -3.33. The first kappa shape index (κ1) is 17.4. The Bertz CT molecular complexity index is 1280. The van der Waals surface area contributed by atoms with E-state index in [1.165, 1.54) is 0 Å². The summed E-state index contributed by atoms with van der Waals surface area (Å²) in [5.41, 5.74) is 6.54. The molecule has 0 bridgehead atoms. The summed E-state index contributed by atoms with van der Waals surface area (Å²) in [6.45, 7) is 3.89. The van der Waals surface area contributed by atoms with E-state index in [1.54, 1.807) is 24.7 Å². The highest BCUT2D eigenvalue weighted by Crippen LogP contribution is 2.29. The van der Waals surface area contributed by atoms with Crippen LogP contribution in [0.15, 0.2) is 54.1 Å². The Kier molecular flexibility index (Phi) is 4.04. The summed E-state index contributed by atoms with van der Waals surface area (Å²) in [5, 5.41) is 1.06. The first-order valence-electron chi connectivity index (χ1n) is 8.40. The molecular formula is C20H18N4O2S. The van der Waals surface area contributed by atoms with Crippen molar-refractivity contribution < 1.29 is 8.42 Å². The average molecular weight is 378 g/mol. The van der Waals surface area contributed by atoms with Gasteiger partial charge in [-0.2, -0.15) is 0 Å². The highest BCUT2D eigenvalue weighted by atomic mass is 32.2. The van der Waals surface area contributed by atoms with Crippen molar-refractivity contribution in [2.75, 3.05) is 6.26 Å². The quantitative estimate of drug-likeness (QED) is 0.587. The van der Waals surface area contributed by atoms with E-state index >= 15 is 0 Å². The third kappa shape index (κ3) is 3.21. The zero-order valence-corrected chi connectivity index (χ0v) is 16.0. The number of nitrogens with zero attached hydrogens (tertiary/aromatic N) is 3. The van der Waals surface area contributed by atoms with Gasteiger partial charge in [-0.05, 0) is 49.2 Å². The Hall–Kier alpha value is -3.06. The molecule has 7 heteroatoms. The molecule has 0 saturated heterocycles. The molecule has 0 aliphatic carbocycles. The number of H-pyrrole nitrogens is 1. The molecule has 6 nitrogen and oxygen atoms in total. The molecule has 0 aliphatic heterocycles. The van der Waals surface area contributed by atoms with Crippen LogP contribution in [-0.2, 0) is 9.84 Å². The van der Waals surface area contributed by atoms with E-state index in [9.17, 15) is 8.42 Å². The Labute approximate surface area is 157 Å². The second-order valence-electron chi connectivity index (χ2n) is 6.65.